The van der Waals surface area contributed by atoms with Crippen molar-refractivity contribution in [2.75, 3.05) is 12.9 Å². The molecule has 5 heteroatoms. The highest BCUT2D eigenvalue weighted by atomic mass is 32.2. The molecular weight excluding hydrogens is 236 g/mol. The van der Waals surface area contributed by atoms with E-state index >= 15 is 0 Å². The van der Waals surface area contributed by atoms with Gasteiger partial charge in [-0.3, -0.25) is 0 Å². The number of esters is 1. The molecular formula is C12H18N2O2S. The second-order valence-corrected chi connectivity index (χ2v) is 4.93. The van der Waals surface area contributed by atoms with Gasteiger partial charge in [0.2, 0.25) is 0 Å². The van der Waals surface area contributed by atoms with Gasteiger partial charge in [-0.2, -0.15) is 11.8 Å². The van der Waals surface area contributed by atoms with E-state index in [0.29, 0.717) is 5.69 Å². The van der Waals surface area contributed by atoms with Crippen LogP contribution in [0.25, 0.3) is 0 Å². The summed E-state index contributed by atoms with van der Waals surface area (Å²) in [6.45, 7) is 2.00. The normalized spacial score (nSPS) is 12.2. The van der Waals surface area contributed by atoms with E-state index in [1.165, 1.54) is 7.11 Å². The summed E-state index contributed by atoms with van der Waals surface area (Å²) in [5, 5.41) is 0. The Morgan fingerprint density at radius 1 is 1.59 bits per heavy atom. The largest absolute Gasteiger partial charge is 0.464 e. The van der Waals surface area contributed by atoms with Crippen molar-refractivity contribution in [3.63, 3.8) is 0 Å². The predicted molar refractivity (Wildman–Crippen MR) is 70.0 cm³/mol. The molecule has 94 valence electrons. The minimum atomic E-state index is -0.396. The molecule has 0 aliphatic rings. The van der Waals surface area contributed by atoms with Gasteiger partial charge in [0.15, 0.2) is 0 Å². The average Bonchev–Trinajstić information content (AvgIpc) is 2.34. The van der Waals surface area contributed by atoms with Gasteiger partial charge in [0.05, 0.1) is 12.8 Å². The van der Waals surface area contributed by atoms with E-state index in [-0.39, 0.29) is 6.04 Å². The summed E-state index contributed by atoms with van der Waals surface area (Å²) in [6.07, 6.45) is 0.987. The lowest BCUT2D eigenvalue weighted by Gasteiger charge is -2.05. The van der Waals surface area contributed by atoms with E-state index in [9.17, 15) is 4.79 Å². The molecule has 1 atom stereocenters. The minimum absolute atomic E-state index is 0.233. The third-order valence-corrected chi connectivity index (χ3v) is 3.19. The van der Waals surface area contributed by atoms with Crippen molar-refractivity contribution in [3.8, 4) is 0 Å². The Morgan fingerprint density at radius 3 is 3.00 bits per heavy atom. The number of hydrogen-bond donors (Lipinski definition) is 1. The fourth-order valence-corrected chi connectivity index (χ4v) is 2.28. The molecule has 1 heterocycles. The van der Waals surface area contributed by atoms with Crippen LogP contribution in [0.5, 0.6) is 0 Å². The van der Waals surface area contributed by atoms with Gasteiger partial charge in [0, 0.05) is 11.8 Å². The molecule has 0 bridgehead atoms. The first-order valence-corrected chi connectivity index (χ1v) is 6.66. The SMILES string of the molecule is COC(=O)c1cccc(CSCCC(C)N)n1. The minimum Gasteiger partial charge on any atom is -0.464 e. The van der Waals surface area contributed by atoms with E-state index in [4.69, 9.17) is 5.73 Å². The Hall–Kier alpha value is -1.07. The van der Waals surface area contributed by atoms with Crippen LogP contribution < -0.4 is 5.73 Å². The molecule has 0 saturated carbocycles. The first-order chi connectivity index (χ1) is 8.13. The summed E-state index contributed by atoms with van der Waals surface area (Å²) in [5.74, 6) is 1.40. The number of ether oxygens (including phenoxy) is 1. The van der Waals surface area contributed by atoms with Crippen LogP contribution in [0.1, 0.15) is 29.5 Å². The number of carbonyl (C=O) groups excluding carboxylic acids is 1. The fraction of sp³-hybridized carbons (Fsp3) is 0.500. The molecule has 0 saturated heterocycles. The van der Waals surface area contributed by atoms with Crippen LogP contribution in [0, 0.1) is 0 Å². The van der Waals surface area contributed by atoms with Crippen molar-refractivity contribution in [1.82, 2.24) is 4.98 Å². The Bertz CT molecular complexity index is 369. The van der Waals surface area contributed by atoms with Gasteiger partial charge in [-0.1, -0.05) is 6.07 Å². The Labute approximate surface area is 106 Å². The fourth-order valence-electron chi connectivity index (χ4n) is 1.22. The third-order valence-electron chi connectivity index (χ3n) is 2.17. The molecule has 1 aromatic heterocycles. The molecule has 0 aliphatic heterocycles. The second kappa shape index (κ2) is 7.29. The molecule has 0 fully saturated rings. The third kappa shape index (κ3) is 5.19. The van der Waals surface area contributed by atoms with E-state index < -0.39 is 5.97 Å². The zero-order valence-corrected chi connectivity index (χ0v) is 11.0. The van der Waals surface area contributed by atoms with Gasteiger partial charge < -0.3 is 10.5 Å². The molecule has 1 aromatic rings. The van der Waals surface area contributed by atoms with Crippen molar-refractivity contribution < 1.29 is 9.53 Å². The van der Waals surface area contributed by atoms with Crippen molar-refractivity contribution >= 4 is 17.7 Å². The topological polar surface area (TPSA) is 65.2 Å². The maximum Gasteiger partial charge on any atom is 0.356 e. The predicted octanol–water partition coefficient (Wildman–Crippen LogP) is 1.84. The van der Waals surface area contributed by atoms with Crippen molar-refractivity contribution in [3.05, 3.63) is 29.6 Å². The first kappa shape index (κ1) is 14.0. The van der Waals surface area contributed by atoms with Crippen LogP contribution in [0.4, 0.5) is 0 Å². The molecule has 0 spiro atoms. The first-order valence-electron chi connectivity index (χ1n) is 5.51. The number of pyridine rings is 1. The molecule has 1 unspecified atom stereocenters. The van der Waals surface area contributed by atoms with Crippen LogP contribution in [-0.2, 0) is 10.5 Å². The number of nitrogens with zero attached hydrogens (tertiary/aromatic N) is 1. The lowest BCUT2D eigenvalue weighted by atomic mass is 10.3. The molecule has 0 amide bonds. The number of thioether (sulfide) groups is 1. The van der Waals surface area contributed by atoms with Gasteiger partial charge in [-0.25, -0.2) is 9.78 Å². The average molecular weight is 254 g/mol. The van der Waals surface area contributed by atoms with Gasteiger partial charge >= 0.3 is 5.97 Å². The van der Waals surface area contributed by atoms with Crippen molar-refractivity contribution in [1.29, 1.82) is 0 Å². The smallest absolute Gasteiger partial charge is 0.356 e. The number of nitrogens with two attached hydrogens (primary N) is 1. The van der Waals surface area contributed by atoms with Crippen LogP contribution in [0.3, 0.4) is 0 Å². The van der Waals surface area contributed by atoms with E-state index in [1.54, 1.807) is 17.8 Å². The maximum atomic E-state index is 11.3. The summed E-state index contributed by atoms with van der Waals surface area (Å²) in [4.78, 5) is 15.5. The van der Waals surface area contributed by atoms with Crippen LogP contribution in [0.15, 0.2) is 18.2 Å². The molecule has 0 aliphatic carbocycles. The van der Waals surface area contributed by atoms with Crippen LogP contribution in [0.2, 0.25) is 0 Å². The molecule has 0 aromatic carbocycles. The highest BCUT2D eigenvalue weighted by molar-refractivity contribution is 7.98. The number of rotatable bonds is 6. The van der Waals surface area contributed by atoms with E-state index in [2.05, 4.69) is 9.72 Å². The Balaban J connectivity index is 2.46. The molecule has 1 rings (SSSR count). The molecule has 17 heavy (non-hydrogen) atoms. The lowest BCUT2D eigenvalue weighted by molar-refractivity contribution is 0.0594. The van der Waals surface area contributed by atoms with Gasteiger partial charge in [0.1, 0.15) is 5.69 Å². The Morgan fingerprint density at radius 2 is 2.35 bits per heavy atom. The van der Waals surface area contributed by atoms with Gasteiger partial charge in [0.25, 0.3) is 0 Å². The lowest BCUT2D eigenvalue weighted by Crippen LogP contribution is -2.15. The molecule has 4 nitrogen and oxygen atoms in total. The summed E-state index contributed by atoms with van der Waals surface area (Å²) < 4.78 is 4.62. The van der Waals surface area contributed by atoms with Crippen molar-refractivity contribution in [2.24, 2.45) is 5.73 Å². The van der Waals surface area contributed by atoms with Crippen LogP contribution >= 0.6 is 11.8 Å². The quantitative estimate of drug-likeness (QED) is 0.620. The number of aromatic nitrogens is 1. The monoisotopic (exact) mass is 254 g/mol. The summed E-state index contributed by atoms with van der Waals surface area (Å²) in [6, 6.07) is 5.62. The van der Waals surface area contributed by atoms with E-state index in [0.717, 1.165) is 23.6 Å². The van der Waals surface area contributed by atoms with Crippen molar-refractivity contribution in [2.45, 2.75) is 25.1 Å². The summed E-state index contributed by atoms with van der Waals surface area (Å²) in [5.41, 5.74) is 6.91. The zero-order valence-electron chi connectivity index (χ0n) is 10.2. The standard InChI is InChI=1S/C12H18N2O2S/c1-9(13)6-7-17-8-10-4-3-5-11(14-10)12(15)16-2/h3-5,9H,6-8,13H2,1-2H3. The van der Waals surface area contributed by atoms with Gasteiger partial charge in [-0.05, 0) is 31.2 Å². The van der Waals surface area contributed by atoms with E-state index in [1.807, 2.05) is 19.1 Å². The number of methoxy groups -OCH3 is 1. The number of hydrogen-bond acceptors (Lipinski definition) is 5. The zero-order chi connectivity index (χ0) is 12.7. The Kier molecular flexibility index (Phi) is 6.00. The number of carbonyl (C=O) groups is 1. The van der Waals surface area contributed by atoms with Gasteiger partial charge in [-0.15, -0.1) is 0 Å². The second-order valence-electron chi connectivity index (χ2n) is 3.82. The summed E-state index contributed by atoms with van der Waals surface area (Å²) >= 11 is 1.77. The molecule has 0 radical (unpaired) electrons. The molecule has 2 N–H and O–H groups in total. The highest BCUT2D eigenvalue weighted by Crippen LogP contribution is 2.12. The highest BCUT2D eigenvalue weighted by Gasteiger charge is 2.07. The van der Waals surface area contributed by atoms with Crippen LogP contribution in [-0.4, -0.2) is 29.9 Å². The maximum absolute atomic E-state index is 11.3. The summed E-state index contributed by atoms with van der Waals surface area (Å²) in [7, 11) is 1.36.